The molecule has 0 saturated carbocycles. The van der Waals surface area contributed by atoms with Gasteiger partial charge in [-0.15, -0.1) is 0 Å². The molecule has 2 rings (SSSR count). The number of halogens is 2. The molecule has 0 aliphatic carbocycles. The van der Waals surface area contributed by atoms with Crippen LogP contribution in [0, 0.1) is 0 Å². The van der Waals surface area contributed by atoms with E-state index in [1.165, 1.54) is 0 Å². The third-order valence-corrected chi connectivity index (χ3v) is 3.13. The van der Waals surface area contributed by atoms with Crippen LogP contribution in [0.2, 0.25) is 0 Å². The predicted molar refractivity (Wildman–Crippen MR) is 67.4 cm³/mol. The van der Waals surface area contributed by atoms with Crippen LogP contribution >= 0.6 is 0 Å². The van der Waals surface area contributed by atoms with Crippen LogP contribution < -0.4 is 10.1 Å². The maximum Gasteiger partial charge on any atom is 0.347 e. The summed E-state index contributed by atoms with van der Waals surface area (Å²) in [5, 5.41) is 2.69. The fourth-order valence-electron chi connectivity index (χ4n) is 1.99. The number of carbonyl (C=O) groups excluding carboxylic acids is 1. The molecule has 1 amide bonds. The summed E-state index contributed by atoms with van der Waals surface area (Å²) in [4.78, 5) is 11.8. The number of amides is 1. The topological polar surface area (TPSA) is 41.6 Å². The Morgan fingerprint density at radius 2 is 2.05 bits per heavy atom. The van der Waals surface area contributed by atoms with Gasteiger partial charge in [-0.3, -0.25) is 9.69 Å². The van der Waals surface area contributed by atoms with E-state index in [1.807, 2.05) is 6.92 Å². The molecule has 1 heterocycles. The lowest BCUT2D eigenvalue weighted by Gasteiger charge is -2.25. The number of nitrogens with zero attached hydrogens (tertiary/aromatic N) is 1. The minimum Gasteiger partial charge on any atom is -0.494 e. The summed E-state index contributed by atoms with van der Waals surface area (Å²) in [7, 11) is 1.11. The molecule has 104 valence electrons. The molecule has 0 spiro atoms. The van der Waals surface area contributed by atoms with E-state index in [4.69, 9.17) is 4.74 Å². The van der Waals surface area contributed by atoms with Gasteiger partial charge in [-0.2, -0.15) is 8.78 Å². The molecule has 1 aliphatic heterocycles. The lowest BCUT2D eigenvalue weighted by atomic mass is 10.2. The Labute approximate surface area is 110 Å². The van der Waals surface area contributed by atoms with Crippen molar-refractivity contribution in [2.45, 2.75) is 25.4 Å². The first-order valence-corrected chi connectivity index (χ1v) is 6.09. The second-order valence-electron chi connectivity index (χ2n) is 4.40. The van der Waals surface area contributed by atoms with Crippen molar-refractivity contribution < 1.29 is 18.3 Å². The van der Waals surface area contributed by atoms with E-state index in [0.717, 1.165) is 7.05 Å². The summed E-state index contributed by atoms with van der Waals surface area (Å²) in [5.41, 5.74) is 0.538. The van der Waals surface area contributed by atoms with Crippen molar-refractivity contribution in [1.29, 1.82) is 0 Å². The fraction of sp³-hybridized carbons (Fsp3) is 0.462. The zero-order valence-corrected chi connectivity index (χ0v) is 10.8. The van der Waals surface area contributed by atoms with Gasteiger partial charge >= 0.3 is 6.05 Å². The van der Waals surface area contributed by atoms with Crippen LogP contribution in [0.4, 0.5) is 14.5 Å². The molecule has 1 saturated heterocycles. The number of anilines is 1. The summed E-state index contributed by atoms with van der Waals surface area (Å²) in [6.45, 7) is 2.42. The second kappa shape index (κ2) is 5.03. The highest BCUT2D eigenvalue weighted by Crippen LogP contribution is 2.34. The lowest BCUT2D eigenvalue weighted by Crippen LogP contribution is -2.44. The fourth-order valence-corrected chi connectivity index (χ4v) is 1.99. The minimum absolute atomic E-state index is 0.212. The van der Waals surface area contributed by atoms with Crippen molar-refractivity contribution in [3.63, 3.8) is 0 Å². The third kappa shape index (κ3) is 2.62. The lowest BCUT2D eigenvalue weighted by molar-refractivity contribution is -0.151. The summed E-state index contributed by atoms with van der Waals surface area (Å²) in [6.07, 6.45) is -0.212. The molecule has 1 fully saturated rings. The van der Waals surface area contributed by atoms with Crippen molar-refractivity contribution in [3.8, 4) is 5.75 Å². The molecule has 1 aromatic carbocycles. The van der Waals surface area contributed by atoms with Crippen molar-refractivity contribution in [3.05, 3.63) is 24.3 Å². The van der Waals surface area contributed by atoms with Gasteiger partial charge in [0.15, 0.2) is 0 Å². The quantitative estimate of drug-likeness (QED) is 0.854. The molecule has 1 unspecified atom stereocenters. The Bertz CT molecular complexity index is 462. The molecule has 1 aromatic rings. The van der Waals surface area contributed by atoms with E-state index in [9.17, 15) is 13.6 Å². The number of rotatable bonds is 4. The highest BCUT2D eigenvalue weighted by atomic mass is 19.3. The van der Waals surface area contributed by atoms with Gasteiger partial charge in [-0.05, 0) is 31.2 Å². The zero-order chi connectivity index (χ0) is 14.0. The minimum atomic E-state index is -3.17. The predicted octanol–water partition coefficient (Wildman–Crippen LogP) is 2.32. The number of likely N-dealkylation sites (N-methyl/N-ethyl adjacent to an activating group) is 1. The normalized spacial score (nSPS) is 21.6. The van der Waals surface area contributed by atoms with E-state index >= 15 is 0 Å². The van der Waals surface area contributed by atoms with Gasteiger partial charge in [0.2, 0.25) is 5.91 Å². The van der Waals surface area contributed by atoms with E-state index in [0.29, 0.717) is 22.9 Å². The Morgan fingerprint density at radius 3 is 2.53 bits per heavy atom. The highest BCUT2D eigenvalue weighted by Gasteiger charge is 2.53. The van der Waals surface area contributed by atoms with Crippen LogP contribution in [0.1, 0.15) is 13.3 Å². The summed E-state index contributed by atoms with van der Waals surface area (Å²) < 4.78 is 32.8. The first kappa shape index (κ1) is 13.6. The summed E-state index contributed by atoms with van der Waals surface area (Å²) >= 11 is 0. The summed E-state index contributed by atoms with van der Waals surface area (Å²) in [5.74, 6) is 0.118. The molecule has 4 nitrogen and oxygen atoms in total. The van der Waals surface area contributed by atoms with Crippen LogP contribution in [0.25, 0.3) is 0 Å². The monoisotopic (exact) mass is 270 g/mol. The second-order valence-corrected chi connectivity index (χ2v) is 4.40. The standard InChI is InChI=1S/C13H16F2N2O2/c1-3-19-10-6-4-9(5-7-10)16-11-8-12(18)17(2)13(11,14)15/h4-7,11,16H,3,8H2,1-2H3. The van der Waals surface area contributed by atoms with Crippen LogP contribution in [0.5, 0.6) is 5.75 Å². The number of hydrogen-bond donors (Lipinski definition) is 1. The summed E-state index contributed by atoms with van der Waals surface area (Å²) in [6, 6.07) is 2.33. The third-order valence-electron chi connectivity index (χ3n) is 3.13. The smallest absolute Gasteiger partial charge is 0.347 e. The highest BCUT2D eigenvalue weighted by molar-refractivity contribution is 5.80. The largest absolute Gasteiger partial charge is 0.494 e. The number of carbonyl (C=O) groups is 1. The van der Waals surface area contributed by atoms with Gasteiger partial charge in [0.1, 0.15) is 11.8 Å². The molecular formula is C13H16F2N2O2. The Balaban J connectivity index is 2.07. The number of nitrogens with one attached hydrogen (secondary N) is 1. The first-order valence-electron chi connectivity index (χ1n) is 6.09. The number of likely N-dealkylation sites (tertiary alicyclic amines) is 1. The van der Waals surface area contributed by atoms with Gasteiger partial charge in [-0.1, -0.05) is 0 Å². The Morgan fingerprint density at radius 1 is 1.42 bits per heavy atom. The van der Waals surface area contributed by atoms with Crippen molar-refractivity contribution in [2.24, 2.45) is 0 Å². The van der Waals surface area contributed by atoms with Crippen LogP contribution in [0.15, 0.2) is 24.3 Å². The van der Waals surface area contributed by atoms with E-state index in [1.54, 1.807) is 24.3 Å². The molecular weight excluding hydrogens is 254 g/mol. The van der Waals surface area contributed by atoms with Crippen LogP contribution in [0.3, 0.4) is 0 Å². The van der Waals surface area contributed by atoms with Crippen LogP contribution in [-0.2, 0) is 4.79 Å². The van der Waals surface area contributed by atoms with Gasteiger partial charge in [-0.25, -0.2) is 0 Å². The molecule has 1 aliphatic rings. The molecule has 19 heavy (non-hydrogen) atoms. The van der Waals surface area contributed by atoms with E-state index in [-0.39, 0.29) is 6.42 Å². The molecule has 1 atom stereocenters. The molecule has 0 bridgehead atoms. The van der Waals surface area contributed by atoms with E-state index in [2.05, 4.69) is 5.32 Å². The molecule has 0 aromatic heterocycles. The van der Waals surface area contributed by atoms with Crippen LogP contribution in [-0.4, -0.2) is 36.5 Å². The first-order chi connectivity index (χ1) is 8.95. The van der Waals surface area contributed by atoms with Gasteiger partial charge in [0.25, 0.3) is 0 Å². The number of alkyl halides is 2. The van der Waals surface area contributed by atoms with Crippen molar-refractivity contribution in [2.75, 3.05) is 19.0 Å². The Kier molecular flexibility index (Phi) is 3.59. The van der Waals surface area contributed by atoms with Gasteiger partial charge < -0.3 is 10.1 Å². The SMILES string of the molecule is CCOc1ccc(NC2CC(=O)N(C)C2(F)F)cc1. The molecule has 6 heteroatoms. The zero-order valence-electron chi connectivity index (χ0n) is 10.8. The molecule has 0 radical (unpaired) electrons. The number of ether oxygens (including phenoxy) is 1. The average Bonchev–Trinajstić information content (AvgIpc) is 2.56. The number of hydrogen-bond acceptors (Lipinski definition) is 3. The maximum atomic E-state index is 13.8. The number of benzene rings is 1. The Hall–Kier alpha value is -1.85. The van der Waals surface area contributed by atoms with Gasteiger partial charge in [0, 0.05) is 12.7 Å². The van der Waals surface area contributed by atoms with E-state index < -0.39 is 18.0 Å². The maximum absolute atomic E-state index is 13.8. The van der Waals surface area contributed by atoms with Crippen molar-refractivity contribution >= 4 is 11.6 Å². The molecule has 1 N–H and O–H groups in total. The van der Waals surface area contributed by atoms with Gasteiger partial charge in [0.05, 0.1) is 13.0 Å². The van der Waals surface area contributed by atoms with Crippen molar-refractivity contribution in [1.82, 2.24) is 4.90 Å². The average molecular weight is 270 g/mol.